The van der Waals surface area contributed by atoms with Gasteiger partial charge in [-0.05, 0) is 44.0 Å². The molecule has 3 heteroatoms. The lowest BCUT2D eigenvalue weighted by Crippen LogP contribution is -2.46. The molecule has 2 aliphatic heterocycles. The molecular weight excluding hydrogens is 224 g/mol. The van der Waals surface area contributed by atoms with Crippen LogP contribution in [0.3, 0.4) is 0 Å². The number of rotatable bonds is 1. The second-order valence-electron chi connectivity index (χ2n) is 5.50. The minimum absolute atomic E-state index is 0.321. The minimum atomic E-state index is 0.321. The van der Waals surface area contributed by atoms with Crippen LogP contribution in [0.2, 0.25) is 0 Å². The second kappa shape index (κ2) is 4.90. The zero-order valence-electron chi connectivity index (χ0n) is 11.3. The SMILES string of the molecule is C[C@@H]1CN(c2cccc3c2CNCC3)C[C@H](C)O1. The van der Waals surface area contributed by atoms with Crippen molar-refractivity contribution < 1.29 is 4.74 Å². The van der Waals surface area contributed by atoms with Gasteiger partial charge in [0.2, 0.25) is 0 Å². The van der Waals surface area contributed by atoms with Crippen molar-refractivity contribution in [1.82, 2.24) is 5.32 Å². The summed E-state index contributed by atoms with van der Waals surface area (Å²) in [5.74, 6) is 0. The van der Waals surface area contributed by atoms with Crippen LogP contribution in [0.15, 0.2) is 18.2 Å². The van der Waals surface area contributed by atoms with E-state index < -0.39 is 0 Å². The number of benzene rings is 1. The van der Waals surface area contributed by atoms with Crippen LogP contribution >= 0.6 is 0 Å². The molecule has 3 rings (SSSR count). The molecule has 2 heterocycles. The van der Waals surface area contributed by atoms with Gasteiger partial charge in [-0.25, -0.2) is 0 Å². The van der Waals surface area contributed by atoms with E-state index in [0.29, 0.717) is 12.2 Å². The van der Waals surface area contributed by atoms with Crippen molar-refractivity contribution in [2.24, 2.45) is 0 Å². The van der Waals surface area contributed by atoms with Gasteiger partial charge in [0.25, 0.3) is 0 Å². The summed E-state index contributed by atoms with van der Waals surface area (Å²) in [5, 5.41) is 3.48. The van der Waals surface area contributed by atoms with E-state index in [-0.39, 0.29) is 0 Å². The highest BCUT2D eigenvalue weighted by Crippen LogP contribution is 2.28. The predicted octanol–water partition coefficient (Wildman–Crippen LogP) is 1.95. The molecule has 18 heavy (non-hydrogen) atoms. The minimum Gasteiger partial charge on any atom is -0.372 e. The number of hydrogen-bond donors (Lipinski definition) is 1. The van der Waals surface area contributed by atoms with Crippen LogP contribution < -0.4 is 10.2 Å². The maximum atomic E-state index is 5.82. The van der Waals surface area contributed by atoms with Crippen molar-refractivity contribution in [3.63, 3.8) is 0 Å². The molecule has 1 saturated heterocycles. The van der Waals surface area contributed by atoms with E-state index in [9.17, 15) is 0 Å². The van der Waals surface area contributed by atoms with E-state index in [1.54, 1.807) is 0 Å². The third-order valence-electron chi connectivity index (χ3n) is 3.88. The summed E-state index contributed by atoms with van der Waals surface area (Å²) >= 11 is 0. The van der Waals surface area contributed by atoms with Crippen LogP contribution in [0.5, 0.6) is 0 Å². The first-order chi connectivity index (χ1) is 8.74. The van der Waals surface area contributed by atoms with Gasteiger partial charge < -0.3 is 15.0 Å². The van der Waals surface area contributed by atoms with Crippen LogP contribution in [-0.4, -0.2) is 31.8 Å². The van der Waals surface area contributed by atoms with Crippen LogP contribution in [0, 0.1) is 0 Å². The molecule has 2 atom stereocenters. The number of nitrogens with zero attached hydrogens (tertiary/aromatic N) is 1. The van der Waals surface area contributed by atoms with Gasteiger partial charge >= 0.3 is 0 Å². The van der Waals surface area contributed by atoms with Crippen LogP contribution in [-0.2, 0) is 17.7 Å². The second-order valence-corrected chi connectivity index (χ2v) is 5.50. The molecule has 1 aromatic carbocycles. The topological polar surface area (TPSA) is 24.5 Å². The molecule has 0 spiro atoms. The lowest BCUT2D eigenvalue weighted by Gasteiger charge is -2.38. The van der Waals surface area contributed by atoms with Gasteiger partial charge in [0.05, 0.1) is 12.2 Å². The summed E-state index contributed by atoms with van der Waals surface area (Å²) in [6, 6.07) is 6.73. The highest BCUT2D eigenvalue weighted by Gasteiger charge is 2.25. The fourth-order valence-corrected chi connectivity index (χ4v) is 3.17. The quantitative estimate of drug-likeness (QED) is 0.819. The average molecular weight is 246 g/mol. The molecule has 0 aromatic heterocycles. The molecule has 0 unspecified atom stereocenters. The molecule has 1 N–H and O–H groups in total. The third kappa shape index (κ3) is 2.25. The molecule has 0 saturated carbocycles. The van der Waals surface area contributed by atoms with Gasteiger partial charge in [-0.3, -0.25) is 0 Å². The Kier molecular flexibility index (Phi) is 3.27. The summed E-state index contributed by atoms with van der Waals surface area (Å²) in [4.78, 5) is 2.49. The molecule has 2 aliphatic rings. The molecule has 1 fully saturated rings. The maximum Gasteiger partial charge on any atom is 0.0726 e. The number of anilines is 1. The van der Waals surface area contributed by atoms with Crippen molar-refractivity contribution in [2.45, 2.75) is 39.0 Å². The summed E-state index contributed by atoms with van der Waals surface area (Å²) in [6.07, 6.45) is 1.79. The lowest BCUT2D eigenvalue weighted by atomic mass is 9.98. The largest absolute Gasteiger partial charge is 0.372 e. The summed E-state index contributed by atoms with van der Waals surface area (Å²) in [5.41, 5.74) is 4.41. The van der Waals surface area contributed by atoms with Gasteiger partial charge in [0.1, 0.15) is 0 Å². The molecule has 0 amide bonds. The fraction of sp³-hybridized carbons (Fsp3) is 0.600. The summed E-state index contributed by atoms with van der Waals surface area (Å²) in [6.45, 7) is 8.44. The Morgan fingerprint density at radius 2 is 2.00 bits per heavy atom. The van der Waals surface area contributed by atoms with Gasteiger partial charge in [0.15, 0.2) is 0 Å². The van der Waals surface area contributed by atoms with E-state index in [0.717, 1.165) is 32.6 Å². The van der Waals surface area contributed by atoms with Crippen molar-refractivity contribution in [2.75, 3.05) is 24.5 Å². The number of hydrogen-bond acceptors (Lipinski definition) is 3. The molecule has 0 aliphatic carbocycles. The number of ether oxygens (including phenoxy) is 1. The van der Waals surface area contributed by atoms with Crippen LogP contribution in [0.25, 0.3) is 0 Å². The monoisotopic (exact) mass is 246 g/mol. The highest BCUT2D eigenvalue weighted by molar-refractivity contribution is 5.58. The van der Waals surface area contributed by atoms with Crippen molar-refractivity contribution in [3.8, 4) is 0 Å². The van der Waals surface area contributed by atoms with Crippen molar-refractivity contribution in [3.05, 3.63) is 29.3 Å². The van der Waals surface area contributed by atoms with Crippen molar-refractivity contribution >= 4 is 5.69 Å². The smallest absolute Gasteiger partial charge is 0.0726 e. The molecule has 1 aromatic rings. The number of morpholine rings is 1. The Labute approximate surface area is 109 Å². The Morgan fingerprint density at radius 3 is 2.78 bits per heavy atom. The average Bonchev–Trinajstić information content (AvgIpc) is 2.37. The van der Waals surface area contributed by atoms with E-state index in [2.05, 4.69) is 42.3 Å². The Balaban J connectivity index is 1.91. The molecular formula is C15H22N2O. The van der Waals surface area contributed by atoms with E-state index in [4.69, 9.17) is 4.74 Å². The normalized spacial score (nSPS) is 28.0. The highest BCUT2D eigenvalue weighted by atomic mass is 16.5. The Bertz CT molecular complexity index is 423. The Hall–Kier alpha value is -1.06. The molecule has 3 nitrogen and oxygen atoms in total. The Morgan fingerprint density at radius 1 is 1.22 bits per heavy atom. The predicted molar refractivity (Wildman–Crippen MR) is 74.1 cm³/mol. The number of fused-ring (bicyclic) bond motifs is 1. The zero-order valence-corrected chi connectivity index (χ0v) is 11.3. The molecule has 98 valence electrons. The lowest BCUT2D eigenvalue weighted by molar-refractivity contribution is -0.00527. The fourth-order valence-electron chi connectivity index (χ4n) is 3.17. The van der Waals surface area contributed by atoms with Crippen LogP contribution in [0.4, 0.5) is 5.69 Å². The van der Waals surface area contributed by atoms with E-state index >= 15 is 0 Å². The first-order valence-electron chi connectivity index (χ1n) is 6.96. The van der Waals surface area contributed by atoms with Gasteiger partial charge in [-0.15, -0.1) is 0 Å². The first kappa shape index (κ1) is 12.0. The first-order valence-corrected chi connectivity index (χ1v) is 6.96. The van der Waals surface area contributed by atoms with E-state index in [1.807, 2.05) is 0 Å². The van der Waals surface area contributed by atoms with Crippen LogP contribution in [0.1, 0.15) is 25.0 Å². The third-order valence-corrected chi connectivity index (χ3v) is 3.88. The van der Waals surface area contributed by atoms with Crippen molar-refractivity contribution in [1.29, 1.82) is 0 Å². The van der Waals surface area contributed by atoms with Gasteiger partial charge in [0, 0.05) is 25.3 Å². The maximum absolute atomic E-state index is 5.82. The van der Waals surface area contributed by atoms with E-state index in [1.165, 1.54) is 16.8 Å². The van der Waals surface area contributed by atoms with Gasteiger partial charge in [-0.1, -0.05) is 12.1 Å². The molecule has 0 bridgehead atoms. The standard InChI is InChI=1S/C15H22N2O/c1-11-9-17(10-12(2)18-11)15-5-3-4-13-6-7-16-8-14(13)15/h3-5,11-12,16H,6-10H2,1-2H3/t11-,12+. The summed E-state index contributed by atoms with van der Waals surface area (Å²) in [7, 11) is 0. The summed E-state index contributed by atoms with van der Waals surface area (Å²) < 4.78 is 5.82. The van der Waals surface area contributed by atoms with Gasteiger partial charge in [-0.2, -0.15) is 0 Å². The molecule has 0 radical (unpaired) electrons. The zero-order chi connectivity index (χ0) is 12.5. The number of nitrogens with one attached hydrogen (secondary N) is 1.